The molecule has 4 nitrogen and oxygen atoms in total. The molecule has 0 unspecified atom stereocenters. The summed E-state index contributed by atoms with van der Waals surface area (Å²) in [5, 5.41) is 5.35. The van der Waals surface area contributed by atoms with Gasteiger partial charge in [-0.15, -0.1) is 11.3 Å². The van der Waals surface area contributed by atoms with Gasteiger partial charge in [0.1, 0.15) is 12.4 Å². The molecule has 0 spiro atoms. The summed E-state index contributed by atoms with van der Waals surface area (Å²) in [6.07, 6.45) is 0. The van der Waals surface area contributed by atoms with Crippen molar-refractivity contribution in [2.24, 2.45) is 0 Å². The number of nitrogens with zero attached hydrogens (tertiary/aromatic N) is 1. The molecule has 0 atom stereocenters. The lowest BCUT2D eigenvalue weighted by Gasteiger charge is -2.09. The van der Waals surface area contributed by atoms with Gasteiger partial charge in [0, 0.05) is 10.9 Å². The number of halogens is 2. The van der Waals surface area contributed by atoms with Gasteiger partial charge in [-0.2, -0.15) is 0 Å². The first kappa shape index (κ1) is 17.4. The largest absolute Gasteiger partial charge is 0.487 e. The van der Waals surface area contributed by atoms with E-state index >= 15 is 0 Å². The molecule has 25 heavy (non-hydrogen) atoms. The predicted molar refractivity (Wildman–Crippen MR) is 97.0 cm³/mol. The highest BCUT2D eigenvalue weighted by molar-refractivity contribution is 7.09. The van der Waals surface area contributed by atoms with Gasteiger partial charge in [-0.3, -0.25) is 4.79 Å². The number of hydrogen-bond donors (Lipinski definition) is 1. The Kier molecular flexibility index (Phi) is 5.31. The molecule has 128 valence electrons. The van der Waals surface area contributed by atoms with E-state index in [4.69, 9.17) is 16.3 Å². The highest BCUT2D eigenvalue weighted by Gasteiger charge is 2.12. The molecule has 1 aromatic heterocycles. The minimum absolute atomic E-state index is 0.0294. The number of aromatic nitrogens is 1. The Morgan fingerprint density at radius 2 is 2.12 bits per heavy atom. The van der Waals surface area contributed by atoms with Crippen molar-refractivity contribution < 1.29 is 13.9 Å². The average Bonchev–Trinajstić information content (AvgIpc) is 3.03. The van der Waals surface area contributed by atoms with Crippen LogP contribution in [-0.2, 0) is 6.61 Å². The van der Waals surface area contributed by atoms with E-state index in [-0.39, 0.29) is 10.7 Å². The number of carbonyl (C=O) groups excluding carboxylic acids is 1. The second-order valence-electron chi connectivity index (χ2n) is 5.23. The van der Waals surface area contributed by atoms with E-state index in [1.165, 1.54) is 12.1 Å². The number of aryl methyl sites for hydroxylation is 1. The summed E-state index contributed by atoms with van der Waals surface area (Å²) in [6, 6.07) is 11.1. The Balaban J connectivity index is 1.69. The van der Waals surface area contributed by atoms with Crippen molar-refractivity contribution in [2.75, 3.05) is 5.32 Å². The van der Waals surface area contributed by atoms with Crippen molar-refractivity contribution in [2.45, 2.75) is 13.5 Å². The number of nitrogens with one attached hydrogen (secondary N) is 1. The zero-order chi connectivity index (χ0) is 17.8. The third kappa shape index (κ3) is 4.35. The van der Waals surface area contributed by atoms with Gasteiger partial charge in [-0.05, 0) is 37.3 Å². The summed E-state index contributed by atoms with van der Waals surface area (Å²) in [6.45, 7) is 2.24. The lowest BCUT2D eigenvalue weighted by Crippen LogP contribution is -2.13. The normalized spacial score (nSPS) is 10.5. The van der Waals surface area contributed by atoms with Crippen LogP contribution in [0.25, 0.3) is 0 Å². The number of ether oxygens (including phenoxy) is 1. The van der Waals surface area contributed by atoms with Crippen molar-refractivity contribution in [1.82, 2.24) is 4.98 Å². The fourth-order valence-electron chi connectivity index (χ4n) is 2.15. The predicted octanol–water partition coefficient (Wildman–Crippen LogP) is 5.08. The Bertz CT molecular complexity index is 914. The topological polar surface area (TPSA) is 51.2 Å². The van der Waals surface area contributed by atoms with Crippen LogP contribution in [0, 0.1) is 12.7 Å². The zero-order valence-electron chi connectivity index (χ0n) is 13.3. The fraction of sp³-hybridized carbons (Fsp3) is 0.111. The number of thiazole rings is 1. The van der Waals surface area contributed by atoms with Crippen LogP contribution < -0.4 is 10.1 Å². The van der Waals surface area contributed by atoms with Crippen molar-refractivity contribution in [3.8, 4) is 5.75 Å². The van der Waals surface area contributed by atoms with Gasteiger partial charge in [0.2, 0.25) is 0 Å². The van der Waals surface area contributed by atoms with Crippen molar-refractivity contribution in [1.29, 1.82) is 0 Å². The molecule has 2 aromatic carbocycles. The van der Waals surface area contributed by atoms with Crippen LogP contribution in [0.5, 0.6) is 5.75 Å². The summed E-state index contributed by atoms with van der Waals surface area (Å²) < 4.78 is 19.5. The standard InChI is InChI=1S/C18H14ClFN2O2S/c1-11-21-13(10-25-11)9-24-14-5-2-4-12(8-14)18(23)22-16-7-3-6-15(19)17(16)20/h2-8,10H,9H2,1H3,(H,22,23). The molecule has 0 aliphatic carbocycles. The van der Waals surface area contributed by atoms with E-state index in [1.54, 1.807) is 41.7 Å². The van der Waals surface area contributed by atoms with Gasteiger partial charge in [-0.1, -0.05) is 23.7 Å². The molecule has 0 bridgehead atoms. The molecule has 1 heterocycles. The van der Waals surface area contributed by atoms with E-state index in [1.807, 2.05) is 12.3 Å². The molecule has 7 heteroatoms. The third-order valence-corrected chi connectivity index (χ3v) is 4.46. The van der Waals surface area contributed by atoms with E-state index < -0.39 is 11.7 Å². The summed E-state index contributed by atoms with van der Waals surface area (Å²) in [7, 11) is 0. The monoisotopic (exact) mass is 376 g/mol. The van der Waals surface area contributed by atoms with Gasteiger partial charge >= 0.3 is 0 Å². The molecule has 3 rings (SSSR count). The van der Waals surface area contributed by atoms with Gasteiger partial charge in [-0.25, -0.2) is 9.37 Å². The van der Waals surface area contributed by atoms with Crippen molar-refractivity contribution in [3.63, 3.8) is 0 Å². The van der Waals surface area contributed by atoms with E-state index in [0.29, 0.717) is 17.9 Å². The molecule has 3 aromatic rings. The van der Waals surface area contributed by atoms with Gasteiger partial charge in [0.25, 0.3) is 5.91 Å². The second-order valence-corrected chi connectivity index (χ2v) is 6.70. The first-order valence-corrected chi connectivity index (χ1v) is 8.68. The minimum atomic E-state index is -0.663. The molecule has 1 amide bonds. The van der Waals surface area contributed by atoms with Crippen LogP contribution in [0.4, 0.5) is 10.1 Å². The number of carbonyl (C=O) groups is 1. The summed E-state index contributed by atoms with van der Waals surface area (Å²) in [5.74, 6) is -0.579. The van der Waals surface area contributed by atoms with Crippen LogP contribution in [0.15, 0.2) is 47.8 Å². The van der Waals surface area contributed by atoms with Crippen LogP contribution >= 0.6 is 22.9 Å². The summed E-state index contributed by atoms with van der Waals surface area (Å²) in [4.78, 5) is 16.6. The SMILES string of the molecule is Cc1nc(COc2cccc(C(=O)Nc3cccc(Cl)c3F)c2)cs1. The molecule has 0 radical (unpaired) electrons. The lowest BCUT2D eigenvalue weighted by atomic mass is 10.2. The number of rotatable bonds is 5. The molecular weight excluding hydrogens is 363 g/mol. The quantitative estimate of drug-likeness (QED) is 0.675. The molecule has 0 saturated heterocycles. The van der Waals surface area contributed by atoms with Crippen LogP contribution in [-0.4, -0.2) is 10.9 Å². The van der Waals surface area contributed by atoms with E-state index in [0.717, 1.165) is 10.7 Å². The summed E-state index contributed by atoms with van der Waals surface area (Å²) in [5.41, 5.74) is 1.21. The van der Waals surface area contributed by atoms with Crippen molar-refractivity contribution >= 4 is 34.5 Å². The summed E-state index contributed by atoms with van der Waals surface area (Å²) >= 11 is 7.27. The Morgan fingerprint density at radius 3 is 2.88 bits per heavy atom. The van der Waals surface area contributed by atoms with Crippen LogP contribution in [0.1, 0.15) is 21.1 Å². The first-order chi connectivity index (χ1) is 12.0. The van der Waals surface area contributed by atoms with E-state index in [2.05, 4.69) is 10.3 Å². The average molecular weight is 377 g/mol. The molecular formula is C18H14ClFN2O2S. The molecule has 0 fully saturated rings. The number of hydrogen-bond acceptors (Lipinski definition) is 4. The first-order valence-electron chi connectivity index (χ1n) is 7.42. The minimum Gasteiger partial charge on any atom is -0.487 e. The van der Waals surface area contributed by atoms with Crippen molar-refractivity contribution in [3.05, 3.63) is 74.9 Å². The van der Waals surface area contributed by atoms with E-state index in [9.17, 15) is 9.18 Å². The maximum Gasteiger partial charge on any atom is 0.255 e. The lowest BCUT2D eigenvalue weighted by molar-refractivity contribution is 0.102. The second kappa shape index (κ2) is 7.63. The highest BCUT2D eigenvalue weighted by Crippen LogP contribution is 2.23. The maximum absolute atomic E-state index is 13.9. The molecule has 0 aliphatic heterocycles. The number of anilines is 1. The zero-order valence-corrected chi connectivity index (χ0v) is 14.8. The molecule has 1 N–H and O–H groups in total. The maximum atomic E-state index is 13.9. The Morgan fingerprint density at radius 1 is 1.32 bits per heavy atom. The van der Waals surface area contributed by atoms with Crippen LogP contribution in [0.2, 0.25) is 5.02 Å². The van der Waals surface area contributed by atoms with Gasteiger partial charge in [0.05, 0.1) is 21.4 Å². The van der Waals surface area contributed by atoms with Gasteiger partial charge in [0.15, 0.2) is 5.82 Å². The third-order valence-electron chi connectivity index (χ3n) is 3.35. The number of amides is 1. The highest BCUT2D eigenvalue weighted by atomic mass is 35.5. The molecule has 0 aliphatic rings. The fourth-order valence-corrected chi connectivity index (χ4v) is 2.93. The Hall–Kier alpha value is -2.44. The number of benzene rings is 2. The molecule has 0 saturated carbocycles. The smallest absolute Gasteiger partial charge is 0.255 e. The Labute approximate surface area is 153 Å². The van der Waals surface area contributed by atoms with Crippen LogP contribution in [0.3, 0.4) is 0 Å². The van der Waals surface area contributed by atoms with Gasteiger partial charge < -0.3 is 10.1 Å².